The van der Waals surface area contributed by atoms with Gasteiger partial charge >= 0.3 is 5.65 Å². The zero-order chi connectivity index (χ0) is 24.7. The van der Waals surface area contributed by atoms with Crippen LogP contribution < -0.4 is 15.6 Å². The van der Waals surface area contributed by atoms with Crippen molar-refractivity contribution in [2.24, 2.45) is 0 Å². The van der Waals surface area contributed by atoms with Gasteiger partial charge in [-0.3, -0.25) is 14.6 Å². The highest BCUT2D eigenvalue weighted by atomic mass is 16.5. The van der Waals surface area contributed by atoms with Crippen molar-refractivity contribution in [2.75, 3.05) is 5.32 Å². The first-order chi connectivity index (χ1) is 16.7. The summed E-state index contributed by atoms with van der Waals surface area (Å²) in [6, 6.07) is 1.26. The maximum Gasteiger partial charge on any atom is 0.303 e. The number of nitrogens with zero attached hydrogens (tertiary/aromatic N) is 5. The quantitative estimate of drug-likeness (QED) is 0.403. The zero-order valence-corrected chi connectivity index (χ0v) is 19.9. The number of hydrogen-bond acceptors (Lipinski definition) is 8. The third-order valence-corrected chi connectivity index (χ3v) is 5.77. The van der Waals surface area contributed by atoms with Crippen molar-refractivity contribution in [3.05, 3.63) is 41.4 Å². The fourth-order valence-electron chi connectivity index (χ4n) is 3.86. The van der Waals surface area contributed by atoms with Crippen molar-refractivity contribution in [3.63, 3.8) is 0 Å². The number of hydrogen-bond donors (Lipinski definition) is 3. The number of aromatic amines is 2. The summed E-state index contributed by atoms with van der Waals surface area (Å²) in [6.07, 6.45) is 4.54. The minimum atomic E-state index is -0.480. The van der Waals surface area contributed by atoms with E-state index in [0.29, 0.717) is 53.6 Å². The number of imidazole rings is 1. The number of rotatable bonds is 4. The van der Waals surface area contributed by atoms with E-state index in [1.807, 2.05) is 0 Å². The molecule has 1 aliphatic rings. The standard InChI is InChI=1S/C23H25N9O3/c1-11(27-21(34)17-12-6-5-7-16(33)29-18(12)26-10-25-17)15-8-13(32-35-15)19-28-14-9-24-22(23(2,3)4)31-20(14)30-19/h8-11H,5-7H2,1-4H3,(H,27,34)(H,24,28,30,31)(H,25,26,29,33)/p+1/t11-/m1/s1. The first kappa shape index (κ1) is 22.6. The second-order valence-corrected chi connectivity index (χ2v) is 9.59. The van der Waals surface area contributed by atoms with Crippen LogP contribution in [0.2, 0.25) is 0 Å². The molecule has 12 heteroatoms. The smallest absolute Gasteiger partial charge is 0.303 e. The third kappa shape index (κ3) is 4.46. The van der Waals surface area contributed by atoms with Crippen LogP contribution in [0.4, 0.5) is 5.82 Å². The molecule has 0 saturated carbocycles. The van der Waals surface area contributed by atoms with Crippen molar-refractivity contribution in [1.29, 1.82) is 0 Å². The van der Waals surface area contributed by atoms with Gasteiger partial charge in [0, 0.05) is 23.5 Å². The van der Waals surface area contributed by atoms with Gasteiger partial charge in [0.15, 0.2) is 17.0 Å². The van der Waals surface area contributed by atoms with E-state index in [-0.39, 0.29) is 22.9 Å². The van der Waals surface area contributed by atoms with E-state index in [1.165, 1.54) is 6.33 Å². The highest BCUT2D eigenvalue weighted by Crippen LogP contribution is 2.24. The first-order valence-corrected chi connectivity index (χ1v) is 11.4. The van der Waals surface area contributed by atoms with Crippen LogP contribution in [-0.2, 0) is 16.6 Å². The van der Waals surface area contributed by atoms with Crippen molar-refractivity contribution >= 4 is 28.8 Å². The van der Waals surface area contributed by atoms with Crippen molar-refractivity contribution in [1.82, 2.24) is 35.4 Å². The van der Waals surface area contributed by atoms with Crippen LogP contribution in [0.5, 0.6) is 0 Å². The lowest BCUT2D eigenvalue weighted by molar-refractivity contribution is -0.334. The van der Waals surface area contributed by atoms with Crippen LogP contribution in [0.1, 0.15) is 74.2 Å². The molecule has 1 aliphatic heterocycles. The average molecular weight is 477 g/mol. The number of nitrogens with one attached hydrogen (secondary N) is 4. The molecule has 35 heavy (non-hydrogen) atoms. The molecule has 0 spiro atoms. The SMILES string of the molecule is C[C@@H](NC(=O)c1ncnc2c1CCCC(=O)N2)c1cc(-c2[nH]c3cnc(C(C)(C)C)nc3[nH+]2)no1. The number of anilines is 1. The number of H-pyrrole nitrogens is 2. The summed E-state index contributed by atoms with van der Waals surface area (Å²) in [4.78, 5) is 48.6. The van der Waals surface area contributed by atoms with E-state index >= 15 is 0 Å². The van der Waals surface area contributed by atoms with Gasteiger partial charge in [0.05, 0.1) is 12.2 Å². The molecule has 0 radical (unpaired) electrons. The van der Waals surface area contributed by atoms with Gasteiger partial charge in [-0.1, -0.05) is 30.9 Å². The van der Waals surface area contributed by atoms with E-state index in [1.54, 1.807) is 19.2 Å². The van der Waals surface area contributed by atoms with Crippen LogP contribution in [-0.4, -0.2) is 41.9 Å². The minimum absolute atomic E-state index is 0.120. The molecule has 4 aromatic rings. The second kappa shape index (κ2) is 8.53. The summed E-state index contributed by atoms with van der Waals surface area (Å²) in [5, 5.41) is 9.76. The van der Waals surface area contributed by atoms with E-state index in [2.05, 4.69) is 66.5 Å². The van der Waals surface area contributed by atoms with Gasteiger partial charge in [0.1, 0.15) is 17.8 Å². The molecule has 1 atom stereocenters. The number of carbonyl (C=O) groups excluding carboxylic acids is 2. The Bertz CT molecular complexity index is 1430. The van der Waals surface area contributed by atoms with Gasteiger partial charge in [-0.25, -0.2) is 19.9 Å². The van der Waals surface area contributed by atoms with Crippen LogP contribution >= 0.6 is 0 Å². The Labute approximate surface area is 200 Å². The Kier molecular flexibility index (Phi) is 5.50. The molecule has 2 amide bonds. The average Bonchev–Trinajstić information content (AvgIpc) is 3.41. The predicted molar refractivity (Wildman–Crippen MR) is 124 cm³/mol. The Balaban J connectivity index is 1.35. The molecule has 180 valence electrons. The van der Waals surface area contributed by atoms with Crippen molar-refractivity contribution < 1.29 is 19.1 Å². The van der Waals surface area contributed by atoms with Crippen LogP contribution in [0.25, 0.3) is 22.7 Å². The predicted octanol–water partition coefficient (Wildman–Crippen LogP) is 2.28. The van der Waals surface area contributed by atoms with Gasteiger partial charge in [-0.2, -0.15) is 0 Å². The highest BCUT2D eigenvalue weighted by molar-refractivity contribution is 5.97. The molecule has 12 nitrogen and oxygen atoms in total. The van der Waals surface area contributed by atoms with Crippen molar-refractivity contribution in [2.45, 2.75) is 58.4 Å². The maximum absolute atomic E-state index is 13.0. The third-order valence-electron chi connectivity index (χ3n) is 5.77. The molecular weight excluding hydrogens is 450 g/mol. The summed E-state index contributed by atoms with van der Waals surface area (Å²) < 4.78 is 5.51. The number of amides is 2. The Morgan fingerprint density at radius 1 is 1.23 bits per heavy atom. The largest absolute Gasteiger partial charge is 0.358 e. The number of carbonyl (C=O) groups is 2. The monoisotopic (exact) mass is 476 g/mol. The normalized spacial score (nSPS) is 14.8. The Morgan fingerprint density at radius 2 is 2.06 bits per heavy atom. The fourth-order valence-corrected chi connectivity index (χ4v) is 3.86. The van der Waals surface area contributed by atoms with Gasteiger partial charge in [-0.05, 0) is 19.8 Å². The number of aromatic nitrogens is 7. The van der Waals surface area contributed by atoms with Crippen LogP contribution in [0, 0.1) is 0 Å². The summed E-state index contributed by atoms with van der Waals surface area (Å²) >= 11 is 0. The molecule has 0 saturated heterocycles. The molecule has 0 unspecified atom stereocenters. The van der Waals surface area contributed by atoms with E-state index in [0.717, 1.165) is 11.3 Å². The van der Waals surface area contributed by atoms with Gasteiger partial charge in [-0.15, -0.1) is 0 Å². The van der Waals surface area contributed by atoms with E-state index in [4.69, 9.17) is 4.52 Å². The minimum Gasteiger partial charge on any atom is -0.358 e. The lowest BCUT2D eigenvalue weighted by atomic mass is 9.96. The van der Waals surface area contributed by atoms with E-state index in [9.17, 15) is 9.59 Å². The fraction of sp³-hybridized carbons (Fsp3) is 0.391. The Morgan fingerprint density at radius 3 is 2.86 bits per heavy atom. The molecule has 5 rings (SSSR count). The second-order valence-electron chi connectivity index (χ2n) is 9.59. The molecule has 0 fully saturated rings. The molecule has 5 heterocycles. The lowest BCUT2D eigenvalue weighted by Gasteiger charge is -2.13. The summed E-state index contributed by atoms with van der Waals surface area (Å²) in [5.41, 5.74) is 2.64. The maximum atomic E-state index is 13.0. The topological polar surface area (TPSA) is 166 Å². The molecule has 4 N–H and O–H groups in total. The molecule has 4 aromatic heterocycles. The highest BCUT2D eigenvalue weighted by Gasteiger charge is 2.26. The zero-order valence-electron chi connectivity index (χ0n) is 19.9. The van der Waals surface area contributed by atoms with E-state index < -0.39 is 6.04 Å². The molecule has 0 aromatic carbocycles. The Hall–Kier alpha value is -4.22. The molecule has 0 aliphatic carbocycles. The summed E-state index contributed by atoms with van der Waals surface area (Å²) in [6.45, 7) is 7.95. The van der Waals surface area contributed by atoms with Crippen LogP contribution in [0.15, 0.2) is 23.1 Å². The molecule has 0 bridgehead atoms. The van der Waals surface area contributed by atoms with Crippen LogP contribution in [0.3, 0.4) is 0 Å². The lowest BCUT2D eigenvalue weighted by Crippen LogP contribution is -2.28. The van der Waals surface area contributed by atoms with Gasteiger partial charge in [0.25, 0.3) is 11.7 Å². The first-order valence-electron chi connectivity index (χ1n) is 11.4. The summed E-state index contributed by atoms with van der Waals surface area (Å²) in [5.74, 6) is 1.69. The summed E-state index contributed by atoms with van der Waals surface area (Å²) in [7, 11) is 0. The van der Waals surface area contributed by atoms with Gasteiger partial charge in [0.2, 0.25) is 11.7 Å². The van der Waals surface area contributed by atoms with Crippen molar-refractivity contribution in [3.8, 4) is 11.5 Å². The number of fused-ring (bicyclic) bond motifs is 2. The molecular formula is C23H26N9O3+. The van der Waals surface area contributed by atoms with Gasteiger partial charge < -0.3 is 15.2 Å².